The van der Waals surface area contributed by atoms with Crippen LogP contribution in [0.3, 0.4) is 0 Å². The summed E-state index contributed by atoms with van der Waals surface area (Å²) in [6, 6.07) is 7.78. The third kappa shape index (κ3) is 3.27. The molecule has 1 amide bonds. The van der Waals surface area contributed by atoms with Gasteiger partial charge in [0.15, 0.2) is 5.82 Å². The Hall–Kier alpha value is -2.44. The number of carbonyl (C=O) groups is 1. The highest BCUT2D eigenvalue weighted by Crippen LogP contribution is 2.09. The van der Waals surface area contributed by atoms with Crippen molar-refractivity contribution in [1.29, 1.82) is 0 Å². The molecule has 0 radical (unpaired) electrons. The van der Waals surface area contributed by atoms with E-state index in [4.69, 9.17) is 4.74 Å². The molecule has 0 bridgehead atoms. The quantitative estimate of drug-likeness (QED) is 0.894. The Bertz CT molecular complexity index is 550. The number of nitrogens with zero attached hydrogens (tertiary/aromatic N) is 4. The van der Waals surface area contributed by atoms with E-state index in [2.05, 4.69) is 20.8 Å². The van der Waals surface area contributed by atoms with Crippen LogP contribution in [0, 0.1) is 6.92 Å². The second-order valence-electron chi connectivity index (χ2n) is 3.92. The van der Waals surface area contributed by atoms with Crippen LogP contribution in [-0.2, 0) is 11.3 Å². The first-order valence-electron chi connectivity index (χ1n) is 5.95. The number of aryl methyl sites for hydroxylation is 1. The minimum Gasteiger partial charge on any atom is -0.450 e. The van der Waals surface area contributed by atoms with Crippen molar-refractivity contribution in [2.24, 2.45) is 0 Å². The van der Waals surface area contributed by atoms with Gasteiger partial charge in [0.1, 0.15) is 0 Å². The molecule has 2 rings (SSSR count). The molecule has 7 heteroatoms. The van der Waals surface area contributed by atoms with Crippen molar-refractivity contribution in [1.82, 2.24) is 25.5 Å². The fraction of sp³-hybridized carbons (Fsp3) is 0.333. The van der Waals surface area contributed by atoms with Crippen molar-refractivity contribution in [3.63, 3.8) is 0 Å². The third-order valence-electron chi connectivity index (χ3n) is 2.48. The van der Waals surface area contributed by atoms with E-state index in [1.54, 1.807) is 11.6 Å². The number of aromatic nitrogens is 4. The molecule has 7 nitrogen and oxygen atoms in total. The predicted octanol–water partition coefficient (Wildman–Crippen LogP) is 1.22. The fourth-order valence-electron chi connectivity index (χ4n) is 1.54. The molecule has 0 aliphatic carbocycles. The highest BCUT2D eigenvalue weighted by Gasteiger charge is 2.09. The summed E-state index contributed by atoms with van der Waals surface area (Å²) in [6.45, 7) is 4.29. The van der Waals surface area contributed by atoms with E-state index in [0.29, 0.717) is 12.4 Å². The van der Waals surface area contributed by atoms with Crippen LogP contribution in [0.5, 0.6) is 0 Å². The topological polar surface area (TPSA) is 81.9 Å². The van der Waals surface area contributed by atoms with E-state index in [-0.39, 0.29) is 6.54 Å². The second-order valence-corrected chi connectivity index (χ2v) is 3.92. The molecule has 0 saturated heterocycles. The molecule has 1 heterocycles. The Labute approximate surface area is 110 Å². The number of amides is 1. The average Bonchev–Trinajstić information content (AvgIpc) is 2.86. The molecule has 2 aromatic rings. The van der Waals surface area contributed by atoms with E-state index in [1.165, 1.54) is 0 Å². The Morgan fingerprint density at radius 3 is 2.79 bits per heavy atom. The van der Waals surface area contributed by atoms with Crippen molar-refractivity contribution in [2.45, 2.75) is 20.4 Å². The Morgan fingerprint density at radius 2 is 2.11 bits per heavy atom. The highest BCUT2D eigenvalue weighted by atomic mass is 16.5. The van der Waals surface area contributed by atoms with E-state index in [0.717, 1.165) is 11.3 Å². The molecule has 0 fully saturated rings. The van der Waals surface area contributed by atoms with Crippen molar-refractivity contribution in [3.8, 4) is 5.69 Å². The smallest absolute Gasteiger partial charge is 0.407 e. The molecule has 0 unspecified atom stereocenters. The first-order valence-corrected chi connectivity index (χ1v) is 5.95. The number of hydrogen-bond donors (Lipinski definition) is 1. The summed E-state index contributed by atoms with van der Waals surface area (Å²) < 4.78 is 6.35. The zero-order valence-electron chi connectivity index (χ0n) is 10.8. The summed E-state index contributed by atoms with van der Waals surface area (Å²) >= 11 is 0. The van der Waals surface area contributed by atoms with E-state index in [1.807, 2.05) is 31.2 Å². The van der Waals surface area contributed by atoms with Gasteiger partial charge >= 0.3 is 6.09 Å². The van der Waals surface area contributed by atoms with Crippen LogP contribution < -0.4 is 5.32 Å². The second kappa shape index (κ2) is 5.94. The molecular formula is C12H15N5O2. The molecule has 0 saturated carbocycles. The molecule has 1 aromatic carbocycles. The van der Waals surface area contributed by atoms with Crippen molar-refractivity contribution >= 4 is 6.09 Å². The number of ether oxygens (including phenoxy) is 1. The number of nitrogens with one attached hydrogen (secondary N) is 1. The van der Waals surface area contributed by atoms with Gasteiger partial charge in [0, 0.05) is 0 Å². The number of tetrazole rings is 1. The molecule has 19 heavy (non-hydrogen) atoms. The Kier molecular flexibility index (Phi) is 4.07. The van der Waals surface area contributed by atoms with Gasteiger partial charge in [-0.3, -0.25) is 0 Å². The molecule has 1 aromatic heterocycles. The van der Waals surface area contributed by atoms with Crippen LogP contribution in [0.4, 0.5) is 4.79 Å². The number of hydrogen-bond acceptors (Lipinski definition) is 5. The highest BCUT2D eigenvalue weighted by molar-refractivity contribution is 5.66. The van der Waals surface area contributed by atoms with E-state index < -0.39 is 6.09 Å². The Balaban J connectivity index is 2.09. The fourth-order valence-corrected chi connectivity index (χ4v) is 1.54. The van der Waals surface area contributed by atoms with Gasteiger partial charge in [-0.15, -0.1) is 5.10 Å². The maximum atomic E-state index is 11.2. The molecule has 1 N–H and O–H groups in total. The lowest BCUT2D eigenvalue weighted by molar-refractivity contribution is 0.151. The Morgan fingerprint density at radius 1 is 1.37 bits per heavy atom. The molecule has 0 spiro atoms. The van der Waals surface area contributed by atoms with Gasteiger partial charge in [-0.25, -0.2) is 4.79 Å². The maximum Gasteiger partial charge on any atom is 0.407 e. The lowest BCUT2D eigenvalue weighted by Crippen LogP contribution is -2.25. The monoisotopic (exact) mass is 261 g/mol. The van der Waals surface area contributed by atoms with Gasteiger partial charge in [-0.1, -0.05) is 17.7 Å². The van der Waals surface area contributed by atoms with Crippen LogP contribution in [0.15, 0.2) is 24.3 Å². The van der Waals surface area contributed by atoms with Gasteiger partial charge in [0.25, 0.3) is 0 Å². The summed E-state index contributed by atoms with van der Waals surface area (Å²) in [5.41, 5.74) is 2.00. The lowest BCUT2D eigenvalue weighted by atomic mass is 10.2. The van der Waals surface area contributed by atoms with Crippen molar-refractivity contribution < 1.29 is 9.53 Å². The predicted molar refractivity (Wildman–Crippen MR) is 67.8 cm³/mol. The van der Waals surface area contributed by atoms with Crippen molar-refractivity contribution in [2.75, 3.05) is 6.61 Å². The van der Waals surface area contributed by atoms with Gasteiger partial charge in [-0.2, -0.15) is 4.68 Å². The standard InChI is InChI=1S/C12H15N5O2/c1-3-19-12(18)13-8-11-14-15-16-17(11)10-6-4-9(2)5-7-10/h4-7H,3,8H2,1-2H3,(H,13,18). The van der Waals surface area contributed by atoms with Gasteiger partial charge in [0.2, 0.25) is 0 Å². The average molecular weight is 261 g/mol. The number of alkyl carbamates (subject to hydrolysis) is 1. The first kappa shape index (κ1) is 13.0. The molecule has 0 atom stereocenters. The normalized spacial score (nSPS) is 10.2. The van der Waals surface area contributed by atoms with Crippen LogP contribution in [-0.4, -0.2) is 32.9 Å². The minimum atomic E-state index is -0.485. The lowest BCUT2D eigenvalue weighted by Gasteiger charge is -2.06. The van der Waals surface area contributed by atoms with E-state index in [9.17, 15) is 4.79 Å². The van der Waals surface area contributed by atoms with Gasteiger partial charge in [-0.05, 0) is 36.4 Å². The molecule has 0 aliphatic rings. The summed E-state index contributed by atoms with van der Waals surface area (Å²) in [4.78, 5) is 11.2. The third-order valence-corrected chi connectivity index (χ3v) is 2.48. The minimum absolute atomic E-state index is 0.208. The largest absolute Gasteiger partial charge is 0.450 e. The first-order chi connectivity index (χ1) is 9.20. The van der Waals surface area contributed by atoms with Gasteiger partial charge in [0.05, 0.1) is 18.8 Å². The van der Waals surface area contributed by atoms with Crippen LogP contribution >= 0.6 is 0 Å². The summed E-state index contributed by atoms with van der Waals surface area (Å²) in [6.07, 6.45) is -0.485. The maximum absolute atomic E-state index is 11.2. The summed E-state index contributed by atoms with van der Waals surface area (Å²) in [5.74, 6) is 0.539. The van der Waals surface area contributed by atoms with Crippen molar-refractivity contribution in [3.05, 3.63) is 35.7 Å². The van der Waals surface area contributed by atoms with E-state index >= 15 is 0 Å². The van der Waals surface area contributed by atoms with Crippen LogP contribution in [0.25, 0.3) is 5.69 Å². The van der Waals surface area contributed by atoms with Crippen LogP contribution in [0.2, 0.25) is 0 Å². The number of benzene rings is 1. The SMILES string of the molecule is CCOC(=O)NCc1nnnn1-c1ccc(C)cc1. The summed E-state index contributed by atoms with van der Waals surface area (Å²) in [5, 5.41) is 14.0. The zero-order valence-corrected chi connectivity index (χ0v) is 10.8. The van der Waals surface area contributed by atoms with Gasteiger partial charge < -0.3 is 10.1 Å². The number of rotatable bonds is 4. The molecule has 100 valence electrons. The van der Waals surface area contributed by atoms with Crippen LogP contribution in [0.1, 0.15) is 18.3 Å². The summed E-state index contributed by atoms with van der Waals surface area (Å²) in [7, 11) is 0. The molecular weight excluding hydrogens is 246 g/mol. The molecule has 0 aliphatic heterocycles. The number of carbonyl (C=O) groups excluding carboxylic acids is 1. The zero-order chi connectivity index (χ0) is 13.7.